The third kappa shape index (κ3) is 4.34. The number of rotatable bonds is 5. The molecule has 8 heteroatoms. The molecule has 2 amide bonds. The molecule has 1 aromatic heterocycles. The number of likely N-dealkylation sites (tertiary alicyclic amines) is 1. The summed E-state index contributed by atoms with van der Waals surface area (Å²) in [5.74, 6) is 0.658. The van der Waals surface area contributed by atoms with Crippen LogP contribution in [-0.2, 0) is 11.3 Å². The van der Waals surface area contributed by atoms with Gasteiger partial charge in [-0.25, -0.2) is 0 Å². The van der Waals surface area contributed by atoms with E-state index < -0.39 is 5.66 Å². The molecular formula is C23H27Cl2N3O3. The average Bonchev–Trinajstić information content (AvgIpc) is 3.34. The van der Waals surface area contributed by atoms with Crippen molar-refractivity contribution in [2.45, 2.75) is 51.4 Å². The Morgan fingerprint density at radius 2 is 1.87 bits per heavy atom. The van der Waals surface area contributed by atoms with Crippen LogP contribution in [0.3, 0.4) is 0 Å². The summed E-state index contributed by atoms with van der Waals surface area (Å²) in [6.07, 6.45) is 3.51. The van der Waals surface area contributed by atoms with E-state index in [-0.39, 0.29) is 17.9 Å². The van der Waals surface area contributed by atoms with Crippen LogP contribution in [-0.4, -0.2) is 46.4 Å². The number of hydrogen-bond donors (Lipinski definition) is 1. The van der Waals surface area contributed by atoms with Crippen LogP contribution < -0.4 is 5.32 Å². The van der Waals surface area contributed by atoms with Crippen molar-refractivity contribution in [2.24, 2.45) is 5.92 Å². The molecule has 1 atom stereocenters. The predicted molar refractivity (Wildman–Crippen MR) is 120 cm³/mol. The van der Waals surface area contributed by atoms with Crippen LogP contribution in [0.15, 0.2) is 41.0 Å². The molecule has 0 bridgehead atoms. The van der Waals surface area contributed by atoms with Crippen molar-refractivity contribution < 1.29 is 14.0 Å². The molecular weight excluding hydrogens is 437 g/mol. The Labute approximate surface area is 192 Å². The molecule has 1 N–H and O–H groups in total. The zero-order valence-corrected chi connectivity index (χ0v) is 19.2. The van der Waals surface area contributed by atoms with E-state index in [1.165, 1.54) is 6.26 Å². The minimum absolute atomic E-state index is 0.0653. The highest BCUT2D eigenvalue weighted by atomic mass is 35.5. The second-order valence-corrected chi connectivity index (χ2v) is 9.57. The van der Waals surface area contributed by atoms with Crippen molar-refractivity contribution in [2.75, 3.05) is 13.1 Å². The van der Waals surface area contributed by atoms with E-state index >= 15 is 0 Å². The van der Waals surface area contributed by atoms with Gasteiger partial charge in [-0.2, -0.15) is 0 Å². The summed E-state index contributed by atoms with van der Waals surface area (Å²) in [6.45, 7) is 5.62. The normalized spacial score (nSPS) is 20.8. The van der Waals surface area contributed by atoms with E-state index in [4.69, 9.17) is 27.6 Å². The lowest BCUT2D eigenvalue weighted by molar-refractivity contribution is -0.134. The van der Waals surface area contributed by atoms with Gasteiger partial charge in [-0.1, -0.05) is 43.1 Å². The molecule has 31 heavy (non-hydrogen) atoms. The largest absolute Gasteiger partial charge is 0.459 e. The van der Waals surface area contributed by atoms with Crippen LogP contribution in [0, 0.1) is 5.92 Å². The number of hydrogen-bond acceptors (Lipinski definition) is 4. The topological polar surface area (TPSA) is 65.8 Å². The van der Waals surface area contributed by atoms with Crippen LogP contribution in [0.25, 0.3) is 0 Å². The van der Waals surface area contributed by atoms with E-state index in [9.17, 15) is 9.59 Å². The fraction of sp³-hybridized carbons (Fsp3) is 0.478. The van der Waals surface area contributed by atoms with Gasteiger partial charge in [0.25, 0.3) is 5.91 Å². The van der Waals surface area contributed by atoms with E-state index in [0.29, 0.717) is 54.2 Å². The summed E-state index contributed by atoms with van der Waals surface area (Å²) in [5, 5.41) is 4.72. The molecule has 2 aliphatic heterocycles. The molecule has 1 unspecified atom stereocenters. The van der Waals surface area contributed by atoms with Gasteiger partial charge in [0, 0.05) is 41.5 Å². The summed E-state index contributed by atoms with van der Waals surface area (Å²) in [6, 6.07) is 8.51. The second kappa shape index (κ2) is 8.85. The lowest BCUT2D eigenvalue weighted by Gasteiger charge is -2.44. The number of nitrogens with zero attached hydrogens (tertiary/aromatic N) is 2. The first-order valence-electron chi connectivity index (χ1n) is 10.7. The molecule has 1 aromatic carbocycles. The molecule has 0 radical (unpaired) electrons. The highest BCUT2D eigenvalue weighted by molar-refractivity contribution is 6.36. The van der Waals surface area contributed by atoms with Gasteiger partial charge >= 0.3 is 0 Å². The molecule has 0 saturated carbocycles. The maximum atomic E-state index is 13.4. The van der Waals surface area contributed by atoms with Crippen molar-refractivity contribution in [3.8, 4) is 0 Å². The van der Waals surface area contributed by atoms with Gasteiger partial charge < -0.3 is 14.2 Å². The number of benzene rings is 1. The Morgan fingerprint density at radius 1 is 1.19 bits per heavy atom. The van der Waals surface area contributed by atoms with Gasteiger partial charge in [-0.15, -0.1) is 0 Å². The van der Waals surface area contributed by atoms with Crippen molar-refractivity contribution >= 4 is 35.0 Å². The molecule has 4 rings (SSSR count). The van der Waals surface area contributed by atoms with Crippen LogP contribution in [0.2, 0.25) is 10.0 Å². The van der Waals surface area contributed by atoms with E-state index in [0.717, 1.165) is 12.0 Å². The van der Waals surface area contributed by atoms with E-state index in [1.54, 1.807) is 35.2 Å². The summed E-state index contributed by atoms with van der Waals surface area (Å²) in [4.78, 5) is 29.8. The van der Waals surface area contributed by atoms with Gasteiger partial charge in [-0.05, 0) is 36.6 Å². The van der Waals surface area contributed by atoms with Crippen molar-refractivity contribution in [1.82, 2.24) is 15.1 Å². The highest BCUT2D eigenvalue weighted by Crippen LogP contribution is 2.37. The Morgan fingerprint density at radius 3 is 2.45 bits per heavy atom. The molecule has 0 aliphatic carbocycles. The van der Waals surface area contributed by atoms with Gasteiger partial charge in [0.2, 0.25) is 5.91 Å². The number of nitrogens with one attached hydrogen (secondary N) is 1. The molecule has 3 heterocycles. The lowest BCUT2D eigenvalue weighted by Crippen LogP contribution is -2.59. The summed E-state index contributed by atoms with van der Waals surface area (Å²) >= 11 is 12.8. The summed E-state index contributed by atoms with van der Waals surface area (Å²) in [7, 11) is 0. The minimum atomic E-state index is -0.529. The third-order valence-corrected chi connectivity index (χ3v) is 6.93. The fourth-order valence-electron chi connectivity index (χ4n) is 4.61. The zero-order chi connectivity index (χ0) is 22.2. The lowest BCUT2D eigenvalue weighted by atomic mass is 9.95. The van der Waals surface area contributed by atoms with Gasteiger partial charge in [-0.3, -0.25) is 14.9 Å². The maximum Gasteiger partial charge on any atom is 0.289 e. The van der Waals surface area contributed by atoms with Crippen LogP contribution in [0.5, 0.6) is 0 Å². The monoisotopic (exact) mass is 463 g/mol. The fourth-order valence-corrected chi connectivity index (χ4v) is 5.13. The Balaban J connectivity index is 1.58. The number of piperidine rings is 1. The minimum Gasteiger partial charge on any atom is -0.459 e. The average molecular weight is 464 g/mol. The van der Waals surface area contributed by atoms with Crippen molar-refractivity contribution in [3.63, 3.8) is 0 Å². The molecule has 6 nitrogen and oxygen atoms in total. The Kier molecular flexibility index (Phi) is 6.33. The third-order valence-electron chi connectivity index (χ3n) is 6.22. The number of carbonyl (C=O) groups excluding carboxylic acids is 2. The molecule has 1 spiro atoms. The summed E-state index contributed by atoms with van der Waals surface area (Å²) < 4.78 is 5.27. The van der Waals surface area contributed by atoms with Gasteiger partial charge in [0.15, 0.2) is 5.76 Å². The Bertz CT molecular complexity index is 933. The van der Waals surface area contributed by atoms with E-state index in [1.807, 2.05) is 4.90 Å². The first-order chi connectivity index (χ1) is 14.8. The zero-order valence-electron chi connectivity index (χ0n) is 17.7. The van der Waals surface area contributed by atoms with E-state index in [2.05, 4.69) is 19.2 Å². The van der Waals surface area contributed by atoms with Crippen LogP contribution in [0.4, 0.5) is 0 Å². The SMILES string of the molecule is CC(C)CC1NC2(CCN(C(=O)c3ccco3)CC2)N(Cc2c(Cl)cccc2Cl)C1=O. The van der Waals surface area contributed by atoms with Crippen LogP contribution in [0.1, 0.15) is 49.2 Å². The van der Waals surface area contributed by atoms with Gasteiger partial charge in [0.1, 0.15) is 0 Å². The second-order valence-electron chi connectivity index (χ2n) is 8.75. The standard InChI is InChI=1S/C23H27Cl2N3O3/c1-15(2)13-19-21(29)28(14-16-17(24)5-3-6-18(16)25)23(26-19)8-10-27(11-9-23)22(30)20-7-4-12-31-20/h3-7,12,15,19,26H,8-11,13-14H2,1-2H3. The number of amides is 2. The van der Waals surface area contributed by atoms with Crippen molar-refractivity contribution in [3.05, 3.63) is 58.0 Å². The van der Waals surface area contributed by atoms with Crippen LogP contribution >= 0.6 is 23.2 Å². The molecule has 2 aromatic rings. The number of halogens is 2. The number of furan rings is 1. The molecule has 166 valence electrons. The van der Waals surface area contributed by atoms with Gasteiger partial charge in [0.05, 0.1) is 24.5 Å². The highest BCUT2D eigenvalue weighted by Gasteiger charge is 2.52. The predicted octanol–water partition coefficient (Wildman–Crippen LogP) is 4.57. The Hall–Kier alpha value is -2.02. The summed E-state index contributed by atoms with van der Waals surface area (Å²) in [5.41, 5.74) is 0.221. The first-order valence-corrected chi connectivity index (χ1v) is 11.4. The number of carbonyl (C=O) groups is 2. The van der Waals surface area contributed by atoms with Crippen molar-refractivity contribution in [1.29, 1.82) is 0 Å². The first kappa shape index (κ1) is 22.2. The molecule has 2 saturated heterocycles. The maximum absolute atomic E-state index is 13.4. The smallest absolute Gasteiger partial charge is 0.289 e. The molecule has 2 fully saturated rings. The quantitative estimate of drug-likeness (QED) is 0.705. The molecule has 2 aliphatic rings.